The third kappa shape index (κ3) is 2.78. The van der Waals surface area contributed by atoms with Gasteiger partial charge in [-0.3, -0.25) is 4.79 Å². The van der Waals surface area contributed by atoms with Gasteiger partial charge in [0.2, 0.25) is 0 Å². The zero-order valence-corrected chi connectivity index (χ0v) is 10.3. The maximum atomic E-state index is 11.9. The van der Waals surface area contributed by atoms with E-state index in [1.165, 1.54) is 37.2 Å². The molecule has 0 radical (unpaired) electrons. The normalized spacial score (nSPS) is 18.1. The highest BCUT2D eigenvalue weighted by Crippen LogP contribution is 2.18. The Morgan fingerprint density at radius 1 is 1.31 bits per heavy atom. The van der Waals surface area contributed by atoms with E-state index in [1.807, 2.05) is 6.92 Å². The molecule has 0 bridgehead atoms. The van der Waals surface area contributed by atoms with Crippen molar-refractivity contribution in [2.24, 2.45) is 0 Å². The molecule has 1 heterocycles. The second-order valence-electron chi connectivity index (χ2n) is 4.35. The highest BCUT2D eigenvalue weighted by Gasteiger charge is 2.18. The average molecular weight is 239 g/mol. The number of nitrogens with zero attached hydrogens (tertiary/aromatic N) is 2. The minimum atomic E-state index is -0.000556. The van der Waals surface area contributed by atoms with Crippen molar-refractivity contribution in [2.75, 3.05) is 0 Å². The predicted molar refractivity (Wildman–Crippen MR) is 63.6 cm³/mol. The van der Waals surface area contributed by atoms with Gasteiger partial charge in [-0.2, -0.15) is 0 Å². The van der Waals surface area contributed by atoms with Crippen LogP contribution in [0.2, 0.25) is 0 Å². The molecule has 1 aliphatic carbocycles. The largest absolute Gasteiger partial charge is 0.349 e. The van der Waals surface area contributed by atoms with Crippen molar-refractivity contribution >= 4 is 17.4 Å². The molecule has 1 aromatic rings. The summed E-state index contributed by atoms with van der Waals surface area (Å²) < 4.78 is 3.79. The van der Waals surface area contributed by atoms with Crippen LogP contribution in [-0.2, 0) is 0 Å². The zero-order valence-electron chi connectivity index (χ0n) is 9.53. The number of amides is 1. The monoisotopic (exact) mass is 239 g/mol. The fourth-order valence-electron chi connectivity index (χ4n) is 2.11. The molecule has 0 unspecified atom stereocenters. The lowest BCUT2D eigenvalue weighted by Crippen LogP contribution is -2.34. The van der Waals surface area contributed by atoms with Gasteiger partial charge in [-0.05, 0) is 31.3 Å². The van der Waals surface area contributed by atoms with Crippen molar-refractivity contribution in [1.29, 1.82) is 0 Å². The molecule has 1 N–H and O–H groups in total. The summed E-state index contributed by atoms with van der Waals surface area (Å²) in [4.78, 5) is 12.6. The van der Waals surface area contributed by atoms with Crippen molar-refractivity contribution in [3.8, 4) is 0 Å². The first-order valence-corrected chi connectivity index (χ1v) is 6.64. The maximum absolute atomic E-state index is 11.9. The maximum Gasteiger partial charge on any atom is 0.265 e. The number of carbonyl (C=O) groups excluding carboxylic acids is 1. The third-order valence-electron chi connectivity index (χ3n) is 3.05. The van der Waals surface area contributed by atoms with Gasteiger partial charge in [0.05, 0.1) is 5.69 Å². The van der Waals surface area contributed by atoms with E-state index >= 15 is 0 Å². The van der Waals surface area contributed by atoms with Crippen LogP contribution in [-0.4, -0.2) is 21.5 Å². The predicted octanol–water partition coefficient (Wildman–Crippen LogP) is 2.30. The van der Waals surface area contributed by atoms with Crippen molar-refractivity contribution in [1.82, 2.24) is 14.9 Å². The highest BCUT2D eigenvalue weighted by molar-refractivity contribution is 7.07. The second kappa shape index (κ2) is 5.39. The number of rotatable bonds is 2. The topological polar surface area (TPSA) is 54.9 Å². The van der Waals surface area contributed by atoms with E-state index in [0.717, 1.165) is 18.5 Å². The van der Waals surface area contributed by atoms with Crippen LogP contribution in [0.15, 0.2) is 0 Å². The molecule has 0 saturated heterocycles. The lowest BCUT2D eigenvalue weighted by molar-refractivity contribution is 0.0936. The Labute approximate surface area is 99.6 Å². The van der Waals surface area contributed by atoms with E-state index in [4.69, 9.17) is 0 Å². The van der Waals surface area contributed by atoms with Crippen LogP contribution in [0.3, 0.4) is 0 Å². The van der Waals surface area contributed by atoms with E-state index in [1.54, 1.807) is 0 Å². The molecule has 0 aliphatic heterocycles. The summed E-state index contributed by atoms with van der Waals surface area (Å²) in [6.45, 7) is 1.82. The summed E-state index contributed by atoms with van der Waals surface area (Å²) >= 11 is 1.18. The second-order valence-corrected chi connectivity index (χ2v) is 5.10. The van der Waals surface area contributed by atoms with Gasteiger partial charge in [0.1, 0.15) is 4.88 Å². The molecular formula is C11H17N3OS. The number of hydrogen-bond donors (Lipinski definition) is 1. The lowest BCUT2D eigenvalue weighted by Gasteiger charge is -2.15. The number of carbonyl (C=O) groups is 1. The van der Waals surface area contributed by atoms with E-state index < -0.39 is 0 Å². The van der Waals surface area contributed by atoms with Crippen LogP contribution in [0.5, 0.6) is 0 Å². The van der Waals surface area contributed by atoms with Crippen LogP contribution < -0.4 is 5.32 Å². The molecule has 2 rings (SSSR count). The Morgan fingerprint density at radius 2 is 2.00 bits per heavy atom. The Balaban J connectivity index is 1.93. The smallest absolute Gasteiger partial charge is 0.265 e. The average Bonchev–Trinajstić information content (AvgIpc) is 2.53. The first-order chi connectivity index (χ1) is 7.77. The van der Waals surface area contributed by atoms with Gasteiger partial charge in [0.15, 0.2) is 0 Å². The van der Waals surface area contributed by atoms with Crippen molar-refractivity contribution in [3.63, 3.8) is 0 Å². The van der Waals surface area contributed by atoms with Gasteiger partial charge in [-0.15, -0.1) is 5.10 Å². The van der Waals surface area contributed by atoms with Crippen LogP contribution in [0.25, 0.3) is 0 Å². The molecule has 1 aromatic heterocycles. The highest BCUT2D eigenvalue weighted by atomic mass is 32.1. The van der Waals surface area contributed by atoms with Gasteiger partial charge in [0.25, 0.3) is 5.91 Å². The first-order valence-electron chi connectivity index (χ1n) is 5.87. The first kappa shape index (κ1) is 11.5. The Kier molecular flexibility index (Phi) is 3.88. The molecule has 0 aromatic carbocycles. The summed E-state index contributed by atoms with van der Waals surface area (Å²) in [6.07, 6.45) is 7.27. The molecule has 1 amide bonds. The van der Waals surface area contributed by atoms with E-state index in [2.05, 4.69) is 14.9 Å². The van der Waals surface area contributed by atoms with Crippen LogP contribution in [0, 0.1) is 6.92 Å². The minimum Gasteiger partial charge on any atom is -0.349 e. The van der Waals surface area contributed by atoms with Crippen molar-refractivity contribution in [3.05, 3.63) is 10.6 Å². The molecule has 5 heteroatoms. The van der Waals surface area contributed by atoms with Crippen LogP contribution >= 0.6 is 11.5 Å². The van der Waals surface area contributed by atoms with Gasteiger partial charge >= 0.3 is 0 Å². The van der Waals surface area contributed by atoms with Gasteiger partial charge in [0, 0.05) is 6.04 Å². The van der Waals surface area contributed by atoms with E-state index in [9.17, 15) is 4.79 Å². The fraction of sp³-hybridized carbons (Fsp3) is 0.727. The standard InChI is InChI=1S/C11H17N3OS/c1-8-10(16-14-13-8)11(15)12-9-6-4-2-3-5-7-9/h9H,2-7H2,1H3,(H,12,15). The molecule has 1 fully saturated rings. The Hall–Kier alpha value is -0.970. The molecule has 16 heavy (non-hydrogen) atoms. The van der Waals surface area contributed by atoms with E-state index in [-0.39, 0.29) is 5.91 Å². The number of hydrogen-bond acceptors (Lipinski definition) is 4. The summed E-state index contributed by atoms with van der Waals surface area (Å²) in [5.74, 6) is -0.000556. The fourth-order valence-corrected chi connectivity index (χ4v) is 2.67. The minimum absolute atomic E-state index is 0.000556. The van der Waals surface area contributed by atoms with Crippen molar-refractivity contribution < 1.29 is 4.79 Å². The van der Waals surface area contributed by atoms with Gasteiger partial charge in [-0.1, -0.05) is 30.2 Å². The molecule has 4 nitrogen and oxygen atoms in total. The molecule has 0 spiro atoms. The molecule has 1 aliphatic rings. The number of aryl methyl sites for hydroxylation is 1. The van der Waals surface area contributed by atoms with Gasteiger partial charge < -0.3 is 5.32 Å². The molecule has 1 saturated carbocycles. The Bertz CT molecular complexity index is 356. The molecular weight excluding hydrogens is 222 g/mol. The van der Waals surface area contributed by atoms with Crippen LogP contribution in [0.1, 0.15) is 53.9 Å². The van der Waals surface area contributed by atoms with Crippen molar-refractivity contribution in [2.45, 2.75) is 51.5 Å². The van der Waals surface area contributed by atoms with Crippen LogP contribution in [0.4, 0.5) is 0 Å². The van der Waals surface area contributed by atoms with Gasteiger partial charge in [-0.25, -0.2) is 0 Å². The molecule has 0 atom stereocenters. The number of nitrogens with one attached hydrogen (secondary N) is 1. The lowest BCUT2D eigenvalue weighted by atomic mass is 10.1. The quantitative estimate of drug-likeness (QED) is 0.806. The Morgan fingerprint density at radius 3 is 2.56 bits per heavy atom. The summed E-state index contributed by atoms with van der Waals surface area (Å²) in [5.41, 5.74) is 0.733. The summed E-state index contributed by atoms with van der Waals surface area (Å²) in [5, 5.41) is 6.95. The SMILES string of the molecule is Cc1nnsc1C(=O)NC1CCCCCC1. The summed E-state index contributed by atoms with van der Waals surface area (Å²) in [7, 11) is 0. The summed E-state index contributed by atoms with van der Waals surface area (Å²) in [6, 6.07) is 0.344. The van der Waals surface area contributed by atoms with E-state index in [0.29, 0.717) is 10.9 Å². The molecule has 88 valence electrons. The third-order valence-corrected chi connectivity index (χ3v) is 3.87. The number of aromatic nitrogens is 2. The zero-order chi connectivity index (χ0) is 11.4.